The van der Waals surface area contributed by atoms with E-state index in [0.717, 1.165) is 42.6 Å². The van der Waals surface area contributed by atoms with Gasteiger partial charge >= 0.3 is 0 Å². The van der Waals surface area contributed by atoms with Crippen molar-refractivity contribution in [2.24, 2.45) is 0 Å². The highest BCUT2D eigenvalue weighted by molar-refractivity contribution is 7.17. The molecule has 4 nitrogen and oxygen atoms in total. The van der Waals surface area contributed by atoms with Gasteiger partial charge in [0.05, 0.1) is 17.9 Å². The van der Waals surface area contributed by atoms with E-state index >= 15 is 0 Å². The Morgan fingerprint density at radius 3 is 3.33 bits per heavy atom. The second-order valence-electron chi connectivity index (χ2n) is 4.66. The molecule has 1 saturated heterocycles. The number of hydrogen-bond donors (Lipinski definition) is 0. The standard InChI is InChI=1S/C13H16N2O2S/c16-13-12-11(5-8-18-12)14-9-15(13)6-1-3-10-4-2-7-17-10/h5,8-10H,1-4,6-7H2. The molecule has 18 heavy (non-hydrogen) atoms. The van der Waals surface area contributed by atoms with Crippen molar-refractivity contribution in [2.75, 3.05) is 6.61 Å². The molecule has 0 aromatic carbocycles. The summed E-state index contributed by atoms with van der Waals surface area (Å²) in [6.45, 7) is 1.63. The van der Waals surface area contributed by atoms with Crippen LogP contribution in [0.25, 0.3) is 10.2 Å². The third-order valence-corrected chi connectivity index (χ3v) is 4.28. The molecule has 2 aromatic rings. The molecule has 0 aliphatic carbocycles. The molecule has 0 spiro atoms. The highest BCUT2D eigenvalue weighted by Crippen LogP contribution is 2.17. The molecule has 1 atom stereocenters. The largest absolute Gasteiger partial charge is 0.378 e. The minimum absolute atomic E-state index is 0.0855. The van der Waals surface area contributed by atoms with Gasteiger partial charge in [-0.15, -0.1) is 11.3 Å². The summed E-state index contributed by atoms with van der Waals surface area (Å²) in [6.07, 6.45) is 6.41. The van der Waals surface area contributed by atoms with Crippen LogP contribution in [0.5, 0.6) is 0 Å². The lowest BCUT2D eigenvalue weighted by Gasteiger charge is -2.09. The minimum atomic E-state index is 0.0855. The van der Waals surface area contributed by atoms with Gasteiger partial charge in [0.15, 0.2) is 0 Å². The zero-order chi connectivity index (χ0) is 12.4. The van der Waals surface area contributed by atoms with Gasteiger partial charge in [0, 0.05) is 13.2 Å². The average Bonchev–Trinajstić information content (AvgIpc) is 3.02. The molecule has 0 saturated carbocycles. The first kappa shape index (κ1) is 11.9. The van der Waals surface area contributed by atoms with Gasteiger partial charge < -0.3 is 4.74 Å². The molecule has 1 aliphatic rings. The predicted molar refractivity (Wildman–Crippen MR) is 72.1 cm³/mol. The Kier molecular flexibility index (Phi) is 3.43. The molecule has 0 radical (unpaired) electrons. The van der Waals surface area contributed by atoms with Crippen molar-refractivity contribution in [2.45, 2.75) is 38.3 Å². The van der Waals surface area contributed by atoms with Crippen LogP contribution in [0.3, 0.4) is 0 Å². The third kappa shape index (κ3) is 2.33. The molecule has 3 rings (SSSR count). The maximum Gasteiger partial charge on any atom is 0.271 e. The fourth-order valence-corrected chi connectivity index (χ4v) is 3.19. The molecule has 1 aliphatic heterocycles. The SMILES string of the molecule is O=c1c2sccc2ncn1CCCC1CCCO1. The molecule has 2 aromatic heterocycles. The smallest absolute Gasteiger partial charge is 0.271 e. The zero-order valence-electron chi connectivity index (χ0n) is 10.2. The van der Waals surface area contributed by atoms with Gasteiger partial charge in [-0.25, -0.2) is 4.98 Å². The predicted octanol–water partition coefficient (Wildman–Crippen LogP) is 2.42. The molecule has 0 bridgehead atoms. The summed E-state index contributed by atoms with van der Waals surface area (Å²) in [5, 5.41) is 1.91. The van der Waals surface area contributed by atoms with Crippen LogP contribution in [-0.2, 0) is 11.3 Å². The number of fused-ring (bicyclic) bond motifs is 1. The summed E-state index contributed by atoms with van der Waals surface area (Å²) >= 11 is 1.47. The first-order valence-electron chi connectivity index (χ1n) is 6.39. The molecule has 1 fully saturated rings. The zero-order valence-corrected chi connectivity index (χ0v) is 11.0. The second kappa shape index (κ2) is 5.20. The fourth-order valence-electron chi connectivity index (χ4n) is 2.40. The molecule has 96 valence electrons. The van der Waals surface area contributed by atoms with E-state index in [1.807, 2.05) is 11.4 Å². The molecule has 1 unspecified atom stereocenters. The van der Waals surface area contributed by atoms with E-state index in [0.29, 0.717) is 6.10 Å². The van der Waals surface area contributed by atoms with Crippen molar-refractivity contribution in [3.63, 3.8) is 0 Å². The van der Waals surface area contributed by atoms with Crippen LogP contribution >= 0.6 is 11.3 Å². The molecule has 0 amide bonds. The van der Waals surface area contributed by atoms with Gasteiger partial charge in [0.2, 0.25) is 0 Å². The minimum Gasteiger partial charge on any atom is -0.378 e. The van der Waals surface area contributed by atoms with Crippen LogP contribution in [0, 0.1) is 0 Å². The van der Waals surface area contributed by atoms with Gasteiger partial charge in [-0.2, -0.15) is 0 Å². The van der Waals surface area contributed by atoms with E-state index in [4.69, 9.17) is 4.74 Å². The fraction of sp³-hybridized carbons (Fsp3) is 0.538. The summed E-state index contributed by atoms with van der Waals surface area (Å²) < 4.78 is 8.05. The van der Waals surface area contributed by atoms with E-state index in [2.05, 4.69) is 4.98 Å². The van der Waals surface area contributed by atoms with Gasteiger partial charge in [0.25, 0.3) is 5.56 Å². The Bertz CT molecular complexity index is 584. The normalized spacial score (nSPS) is 19.7. The van der Waals surface area contributed by atoms with E-state index < -0.39 is 0 Å². The van der Waals surface area contributed by atoms with E-state index in [1.54, 1.807) is 10.9 Å². The van der Waals surface area contributed by atoms with Crippen molar-refractivity contribution in [3.8, 4) is 0 Å². The molecule has 5 heteroatoms. The molecule has 0 N–H and O–H groups in total. The summed E-state index contributed by atoms with van der Waals surface area (Å²) in [7, 11) is 0. The van der Waals surface area contributed by atoms with Gasteiger partial charge in [0.1, 0.15) is 4.70 Å². The Labute approximate surface area is 109 Å². The monoisotopic (exact) mass is 264 g/mol. The van der Waals surface area contributed by atoms with Crippen molar-refractivity contribution < 1.29 is 4.74 Å². The van der Waals surface area contributed by atoms with Gasteiger partial charge in [-0.1, -0.05) is 0 Å². The molecular weight excluding hydrogens is 248 g/mol. The van der Waals surface area contributed by atoms with Crippen LogP contribution in [0.1, 0.15) is 25.7 Å². The lowest BCUT2D eigenvalue weighted by atomic mass is 10.1. The van der Waals surface area contributed by atoms with Gasteiger partial charge in [-0.05, 0) is 37.1 Å². The van der Waals surface area contributed by atoms with Crippen LogP contribution in [0.4, 0.5) is 0 Å². The van der Waals surface area contributed by atoms with Crippen LogP contribution in [0.15, 0.2) is 22.6 Å². The number of hydrogen-bond acceptors (Lipinski definition) is 4. The average molecular weight is 264 g/mol. The lowest BCUT2D eigenvalue weighted by Crippen LogP contribution is -2.20. The maximum absolute atomic E-state index is 12.1. The Morgan fingerprint density at radius 1 is 1.56 bits per heavy atom. The van der Waals surface area contributed by atoms with Gasteiger partial charge in [-0.3, -0.25) is 9.36 Å². The van der Waals surface area contributed by atoms with Crippen LogP contribution in [0.2, 0.25) is 0 Å². The number of aryl methyl sites for hydroxylation is 1. The second-order valence-corrected chi connectivity index (χ2v) is 5.57. The summed E-state index contributed by atoms with van der Waals surface area (Å²) in [4.78, 5) is 16.4. The van der Waals surface area contributed by atoms with E-state index in [9.17, 15) is 4.79 Å². The lowest BCUT2D eigenvalue weighted by molar-refractivity contribution is 0.101. The third-order valence-electron chi connectivity index (χ3n) is 3.38. The molecular formula is C13H16N2O2S. The van der Waals surface area contributed by atoms with E-state index in [1.165, 1.54) is 17.8 Å². The summed E-state index contributed by atoms with van der Waals surface area (Å²) in [5.74, 6) is 0. The topological polar surface area (TPSA) is 44.1 Å². The highest BCUT2D eigenvalue weighted by atomic mass is 32.1. The maximum atomic E-state index is 12.1. The number of nitrogens with zero attached hydrogens (tertiary/aromatic N) is 2. The highest BCUT2D eigenvalue weighted by Gasteiger charge is 2.14. The van der Waals surface area contributed by atoms with Crippen LogP contribution in [-0.4, -0.2) is 22.3 Å². The first-order chi connectivity index (χ1) is 8.84. The Hall–Kier alpha value is -1.20. The number of thiophene rings is 1. The number of rotatable bonds is 4. The van der Waals surface area contributed by atoms with Crippen molar-refractivity contribution in [1.29, 1.82) is 0 Å². The van der Waals surface area contributed by atoms with Crippen molar-refractivity contribution in [1.82, 2.24) is 9.55 Å². The quantitative estimate of drug-likeness (QED) is 0.852. The number of ether oxygens (including phenoxy) is 1. The van der Waals surface area contributed by atoms with Crippen molar-refractivity contribution >= 4 is 21.6 Å². The van der Waals surface area contributed by atoms with E-state index in [-0.39, 0.29) is 5.56 Å². The van der Waals surface area contributed by atoms with Crippen LogP contribution < -0.4 is 5.56 Å². The summed E-state index contributed by atoms with van der Waals surface area (Å²) in [6, 6.07) is 1.89. The Morgan fingerprint density at radius 2 is 2.50 bits per heavy atom. The Balaban J connectivity index is 1.66. The molecule has 3 heterocycles. The van der Waals surface area contributed by atoms with Crippen molar-refractivity contribution in [3.05, 3.63) is 28.1 Å². The summed E-state index contributed by atoms with van der Waals surface area (Å²) in [5.41, 5.74) is 0.891. The number of aromatic nitrogens is 2. The first-order valence-corrected chi connectivity index (χ1v) is 7.27.